The highest BCUT2D eigenvalue weighted by Gasteiger charge is 2.17. The molecule has 0 spiro atoms. The van der Waals surface area contributed by atoms with Crippen molar-refractivity contribution in [1.82, 2.24) is 15.1 Å². The monoisotopic (exact) mass is 575 g/mol. The topological polar surface area (TPSA) is 107 Å². The second-order valence-corrected chi connectivity index (χ2v) is 10.2. The van der Waals surface area contributed by atoms with Gasteiger partial charge in [-0.15, -0.1) is 18.5 Å². The van der Waals surface area contributed by atoms with Gasteiger partial charge in [0, 0.05) is 75.1 Å². The molecule has 9 nitrogen and oxygen atoms in total. The van der Waals surface area contributed by atoms with E-state index in [-0.39, 0.29) is 0 Å². The minimum absolute atomic E-state index is 0.377. The Balaban J connectivity index is -0.000000406. The smallest absolute Gasteiger partial charge is 0.0460 e. The molecular formula is C26H63N3O6P2. The highest BCUT2D eigenvalue weighted by molar-refractivity contribution is 7.16. The first-order chi connectivity index (χ1) is 17.9. The van der Waals surface area contributed by atoms with Gasteiger partial charge in [0.2, 0.25) is 0 Å². The largest absolute Gasteiger partial charge is 0.396 e. The quantitative estimate of drug-likeness (QED) is 0.365. The van der Waals surface area contributed by atoms with Crippen LogP contribution >= 0.6 is 18.5 Å². The van der Waals surface area contributed by atoms with E-state index in [1.54, 1.807) is 42.7 Å². The van der Waals surface area contributed by atoms with Crippen LogP contribution in [0.5, 0.6) is 0 Å². The van der Waals surface area contributed by atoms with Crippen LogP contribution in [0.1, 0.15) is 38.5 Å². The maximum atomic E-state index is 8.83. The second-order valence-electron chi connectivity index (χ2n) is 9.45. The molecule has 4 N–H and O–H groups in total. The van der Waals surface area contributed by atoms with Crippen molar-refractivity contribution in [2.75, 3.05) is 114 Å². The van der Waals surface area contributed by atoms with Crippen LogP contribution < -0.4 is 5.32 Å². The molecule has 228 valence electrons. The number of ether oxygens (including phenoxy) is 3. The lowest BCUT2D eigenvalue weighted by Crippen LogP contribution is -2.33. The van der Waals surface area contributed by atoms with Crippen molar-refractivity contribution in [3.8, 4) is 0 Å². The zero-order chi connectivity index (χ0) is 28.7. The number of likely N-dealkylation sites (tertiary alicyclic amines) is 2. The molecule has 0 aromatic heterocycles. The predicted molar refractivity (Wildman–Crippen MR) is 163 cm³/mol. The minimum atomic E-state index is 0.377. The molecule has 37 heavy (non-hydrogen) atoms. The summed E-state index contributed by atoms with van der Waals surface area (Å²) < 4.78 is 12.8. The summed E-state index contributed by atoms with van der Waals surface area (Å²) in [6.07, 6.45) is 9.15. The summed E-state index contributed by atoms with van der Waals surface area (Å²) in [5.41, 5.74) is 0. The van der Waals surface area contributed by atoms with E-state index in [2.05, 4.69) is 47.8 Å². The number of hydrogen-bond donors (Lipinski definition) is 4. The average Bonchev–Trinajstić information content (AvgIpc) is 2.95. The molecule has 3 saturated heterocycles. The summed E-state index contributed by atoms with van der Waals surface area (Å²) >= 11 is 0. The number of rotatable bonds is 5. The van der Waals surface area contributed by atoms with E-state index in [0.717, 1.165) is 64.7 Å². The van der Waals surface area contributed by atoms with Gasteiger partial charge in [0.05, 0.1) is 0 Å². The first-order valence-electron chi connectivity index (χ1n) is 13.5. The summed E-state index contributed by atoms with van der Waals surface area (Å²) in [6, 6.07) is 0. The zero-order valence-corrected chi connectivity index (χ0v) is 27.2. The molecule has 2 unspecified atom stereocenters. The molecule has 3 rings (SSSR count). The number of aliphatic hydroxyl groups excluding tert-OH is 3. The molecule has 0 aromatic rings. The first kappa shape index (κ1) is 42.0. The number of piperidine rings is 3. The van der Waals surface area contributed by atoms with Crippen molar-refractivity contribution >= 4 is 18.5 Å². The van der Waals surface area contributed by atoms with Crippen LogP contribution in [0.2, 0.25) is 0 Å². The van der Waals surface area contributed by atoms with Gasteiger partial charge in [-0.1, -0.05) is 0 Å². The predicted octanol–water partition coefficient (Wildman–Crippen LogP) is 1.81. The number of aliphatic hydroxyl groups is 3. The lowest BCUT2D eigenvalue weighted by Gasteiger charge is -2.29. The van der Waals surface area contributed by atoms with Gasteiger partial charge in [-0.25, -0.2) is 0 Å². The fourth-order valence-corrected chi connectivity index (χ4v) is 4.50. The average molecular weight is 576 g/mol. The van der Waals surface area contributed by atoms with Crippen LogP contribution in [-0.4, -0.2) is 139 Å². The second kappa shape index (κ2) is 34.5. The van der Waals surface area contributed by atoms with Crippen LogP contribution in [-0.2, 0) is 14.2 Å². The van der Waals surface area contributed by atoms with Crippen LogP contribution in [0.25, 0.3) is 0 Å². The molecule has 3 aliphatic rings. The molecule has 3 heterocycles. The Bertz CT molecular complexity index is 346. The van der Waals surface area contributed by atoms with Gasteiger partial charge in [-0.2, -0.15) is 0 Å². The molecule has 0 bridgehead atoms. The summed E-state index contributed by atoms with van der Waals surface area (Å²) in [6.45, 7) is 7.96. The van der Waals surface area contributed by atoms with Crippen LogP contribution in [0, 0.1) is 17.8 Å². The van der Waals surface area contributed by atoms with Crippen LogP contribution in [0.15, 0.2) is 0 Å². The summed E-state index contributed by atoms with van der Waals surface area (Å²) in [4.78, 5) is 4.80. The molecule has 0 radical (unpaired) electrons. The van der Waals surface area contributed by atoms with Crippen molar-refractivity contribution in [1.29, 1.82) is 0 Å². The fraction of sp³-hybridized carbons (Fsp3) is 1.00. The minimum Gasteiger partial charge on any atom is -0.396 e. The van der Waals surface area contributed by atoms with E-state index in [0.29, 0.717) is 37.6 Å². The van der Waals surface area contributed by atoms with Crippen molar-refractivity contribution in [3.05, 3.63) is 0 Å². The van der Waals surface area contributed by atoms with Crippen molar-refractivity contribution < 1.29 is 29.5 Å². The van der Waals surface area contributed by atoms with Gasteiger partial charge in [0.15, 0.2) is 0 Å². The molecule has 3 aliphatic heterocycles. The van der Waals surface area contributed by atoms with Gasteiger partial charge in [-0.3, -0.25) is 9.80 Å². The first-order valence-corrected chi connectivity index (χ1v) is 15.1. The van der Waals surface area contributed by atoms with E-state index in [4.69, 9.17) is 15.3 Å². The van der Waals surface area contributed by atoms with Gasteiger partial charge in [0.25, 0.3) is 0 Å². The van der Waals surface area contributed by atoms with Gasteiger partial charge >= 0.3 is 0 Å². The molecule has 0 amide bonds. The Kier molecular flexibility index (Phi) is 39.2. The highest BCUT2D eigenvalue weighted by Crippen LogP contribution is 2.17. The number of nitrogens with one attached hydrogen (secondary N) is 1. The van der Waals surface area contributed by atoms with Crippen LogP contribution in [0.3, 0.4) is 0 Å². The third kappa shape index (κ3) is 29.3. The summed E-state index contributed by atoms with van der Waals surface area (Å²) in [5, 5.41) is 29.6. The zero-order valence-electron chi connectivity index (χ0n) is 24.9. The number of hydrogen-bond acceptors (Lipinski definition) is 9. The van der Waals surface area contributed by atoms with Gasteiger partial charge < -0.3 is 34.8 Å². The fourth-order valence-electron chi connectivity index (χ4n) is 3.77. The van der Waals surface area contributed by atoms with E-state index in [1.165, 1.54) is 25.7 Å². The maximum absolute atomic E-state index is 8.83. The SMILES string of the molecule is COC.COC.COC.OCC1CCN(CP)CC1.OCC1CCN(CP)CC1.OCC1CCNCC1. The Labute approximate surface area is 233 Å². The third-order valence-corrected chi connectivity index (χ3v) is 7.20. The number of nitrogens with zero attached hydrogens (tertiary/aromatic N) is 2. The van der Waals surface area contributed by atoms with Crippen molar-refractivity contribution in [2.24, 2.45) is 17.8 Å². The molecule has 0 aliphatic carbocycles. The molecule has 2 atom stereocenters. The normalized spacial score (nSPS) is 19.2. The molecule has 3 fully saturated rings. The Hall–Kier alpha value is 0.500. The third-order valence-electron chi connectivity index (χ3n) is 6.16. The maximum Gasteiger partial charge on any atom is 0.0460 e. The highest BCUT2D eigenvalue weighted by atomic mass is 31.0. The van der Waals surface area contributed by atoms with Gasteiger partial charge in [0.1, 0.15) is 0 Å². The Morgan fingerprint density at radius 2 is 0.811 bits per heavy atom. The van der Waals surface area contributed by atoms with Gasteiger partial charge in [-0.05, 0) is 95.5 Å². The van der Waals surface area contributed by atoms with Crippen molar-refractivity contribution in [2.45, 2.75) is 38.5 Å². The van der Waals surface area contributed by atoms with E-state index in [9.17, 15) is 0 Å². The Morgan fingerprint density at radius 1 is 0.568 bits per heavy atom. The van der Waals surface area contributed by atoms with Crippen molar-refractivity contribution in [3.63, 3.8) is 0 Å². The molecule has 0 aromatic carbocycles. The molecular weight excluding hydrogens is 512 g/mol. The standard InChI is InChI=1S/2C7H16NOP.C6H13NO.3C2H6O/c2*9-5-7-1-3-8(6-10)4-2-7;8-5-6-1-3-7-4-2-6;3*1-3-2/h2*7,9H,1-6,10H2;6-8H,1-5H2;3*1-2H3. The summed E-state index contributed by atoms with van der Waals surface area (Å²) in [5.74, 6) is 1.73. The lowest BCUT2D eigenvalue weighted by molar-refractivity contribution is 0.144. The Morgan fingerprint density at radius 3 is 1.00 bits per heavy atom. The molecule has 11 heteroatoms. The van der Waals surface area contributed by atoms with E-state index >= 15 is 0 Å². The van der Waals surface area contributed by atoms with Crippen LogP contribution in [0.4, 0.5) is 0 Å². The number of methoxy groups -OCH3 is 3. The van der Waals surface area contributed by atoms with E-state index in [1.807, 2.05) is 0 Å². The summed E-state index contributed by atoms with van der Waals surface area (Å²) in [7, 11) is 15.2. The lowest BCUT2D eigenvalue weighted by atomic mass is 9.98. The molecule has 0 saturated carbocycles. The van der Waals surface area contributed by atoms with E-state index < -0.39 is 0 Å².